The Bertz CT molecular complexity index is 58.0. The van der Waals surface area contributed by atoms with Crippen molar-refractivity contribution in [3.05, 3.63) is 0 Å². The molecular weight excluding hydrogens is 106 g/mol. The molecule has 0 saturated heterocycles. The maximum absolute atomic E-state index is 7.10. The van der Waals surface area contributed by atoms with Crippen LogP contribution < -0.4 is 5.73 Å². The van der Waals surface area contributed by atoms with Crippen LogP contribution >= 0.6 is 0 Å². The third-order valence-electron chi connectivity index (χ3n) is 0. The van der Waals surface area contributed by atoms with Crippen molar-refractivity contribution in [2.24, 2.45) is 5.73 Å². The van der Waals surface area contributed by atoms with Crippen LogP contribution in [0, 0.1) is 23.3 Å². The number of nitrogens with two attached hydrogens (primary N) is 1. The van der Waals surface area contributed by atoms with Gasteiger partial charge in [0.25, 0.3) is 0 Å². The van der Waals surface area contributed by atoms with Crippen molar-refractivity contribution in [2.75, 3.05) is 0 Å². The van der Waals surface area contributed by atoms with Crippen LogP contribution in [0.3, 0.4) is 0 Å². The van der Waals surface area contributed by atoms with Gasteiger partial charge in [-0.1, -0.05) is 0 Å². The third-order valence-corrected chi connectivity index (χ3v) is 0. The monoisotopic (exact) mass is 111 g/mol. The van der Waals surface area contributed by atoms with Crippen LogP contribution in [0.15, 0.2) is 0 Å². The molecular formula is C2H5CaN3. The second-order valence-corrected chi connectivity index (χ2v) is 0.129. The van der Waals surface area contributed by atoms with E-state index in [4.69, 9.17) is 10.5 Å². The van der Waals surface area contributed by atoms with Crippen molar-refractivity contribution >= 4 is 37.7 Å². The second-order valence-electron chi connectivity index (χ2n) is 0.129. The molecule has 4 heteroatoms. The van der Waals surface area contributed by atoms with Crippen LogP contribution in [0.1, 0.15) is 2.85 Å². The van der Waals surface area contributed by atoms with Gasteiger partial charge in [-0.3, -0.25) is 0 Å². The van der Waals surface area contributed by atoms with E-state index in [1.807, 2.05) is 0 Å². The predicted molar refractivity (Wildman–Crippen MR) is 24.4 cm³/mol. The van der Waals surface area contributed by atoms with Gasteiger partial charge in [-0.2, -0.15) is 5.26 Å². The molecule has 3 nitrogen and oxygen atoms in total. The maximum Gasteiger partial charge on any atom is 2.00 e. The quantitative estimate of drug-likeness (QED) is 0.258. The zero-order chi connectivity index (χ0) is 4.71. The number of hydrogen-bond donors (Lipinski definition) is 1. The van der Waals surface area contributed by atoms with Gasteiger partial charge in [0.1, 0.15) is 0 Å². The largest absolute Gasteiger partial charge is 2.00 e. The van der Waals surface area contributed by atoms with Gasteiger partial charge in [-0.25, -0.2) is 5.26 Å². The fourth-order valence-electron chi connectivity index (χ4n) is 0. The average Bonchev–Trinajstić information content (AvgIpc) is 1.46. The van der Waals surface area contributed by atoms with Gasteiger partial charge in [0, 0.05) is 6.57 Å². The van der Waals surface area contributed by atoms with Crippen LogP contribution in [-0.2, 0) is 0 Å². The Balaban J connectivity index is -0.00000000567. The standard InChI is InChI=1S/CH2N2.CHN.Ca.2H/c2-1-3;1-2;;;/h2H2;1H;;;/q;;+2;2*-1. The molecule has 30 valence electrons. The molecule has 0 aliphatic heterocycles. The van der Waals surface area contributed by atoms with E-state index in [0.717, 1.165) is 0 Å². The Morgan fingerprint density at radius 2 is 1.67 bits per heavy atom. The average molecular weight is 111 g/mol. The van der Waals surface area contributed by atoms with Gasteiger partial charge in [0.05, 0.1) is 0 Å². The van der Waals surface area contributed by atoms with Crippen molar-refractivity contribution in [3.8, 4) is 12.8 Å². The van der Waals surface area contributed by atoms with E-state index in [1.165, 1.54) is 6.19 Å². The van der Waals surface area contributed by atoms with Crippen LogP contribution in [0.5, 0.6) is 0 Å². The van der Waals surface area contributed by atoms with Gasteiger partial charge >= 0.3 is 37.7 Å². The van der Waals surface area contributed by atoms with Gasteiger partial charge in [-0.15, -0.1) is 0 Å². The van der Waals surface area contributed by atoms with Crippen molar-refractivity contribution in [1.82, 2.24) is 0 Å². The molecule has 0 radical (unpaired) electrons. The van der Waals surface area contributed by atoms with Crippen LogP contribution in [0.2, 0.25) is 0 Å². The summed E-state index contributed by atoms with van der Waals surface area (Å²) in [5.74, 6) is 0. The summed E-state index contributed by atoms with van der Waals surface area (Å²) in [6.45, 7) is 3.50. The van der Waals surface area contributed by atoms with Gasteiger partial charge < -0.3 is 8.59 Å². The summed E-state index contributed by atoms with van der Waals surface area (Å²) in [4.78, 5) is 0. The SMILES string of the molecule is C#N.N#CN.[Ca+2].[H-].[H-]. The predicted octanol–water partition coefficient (Wildman–Crippen LogP) is -0.590. The third kappa shape index (κ3) is 23600. The van der Waals surface area contributed by atoms with Crippen LogP contribution in [0.25, 0.3) is 0 Å². The summed E-state index contributed by atoms with van der Waals surface area (Å²) >= 11 is 0. The topological polar surface area (TPSA) is 73.6 Å². The van der Waals surface area contributed by atoms with E-state index in [1.54, 1.807) is 0 Å². The van der Waals surface area contributed by atoms with Crippen molar-refractivity contribution < 1.29 is 2.85 Å². The molecule has 0 atom stereocenters. The Hall–Kier alpha value is 0.0397. The minimum atomic E-state index is 0. The Labute approximate surface area is 69.3 Å². The first kappa shape index (κ1) is 16.6. The molecule has 0 rings (SSSR count). The summed E-state index contributed by atoms with van der Waals surface area (Å²) in [7, 11) is 0. The van der Waals surface area contributed by atoms with Crippen molar-refractivity contribution in [1.29, 1.82) is 10.5 Å². The molecule has 0 aromatic rings. The van der Waals surface area contributed by atoms with Crippen molar-refractivity contribution in [2.45, 2.75) is 0 Å². The smallest absolute Gasteiger partial charge is 1.00 e. The molecule has 0 aromatic heterocycles. The maximum atomic E-state index is 7.10. The number of nitrogens with zero attached hydrogens (tertiary/aromatic N) is 2. The fraction of sp³-hybridized carbons (Fsp3) is 0. The summed E-state index contributed by atoms with van der Waals surface area (Å²) in [5, 5.41) is 13.6. The van der Waals surface area contributed by atoms with E-state index < -0.39 is 0 Å². The van der Waals surface area contributed by atoms with Crippen molar-refractivity contribution in [3.63, 3.8) is 0 Å². The number of nitriles is 2. The number of rotatable bonds is 0. The first-order valence-electron chi connectivity index (χ1n) is 0.770. The van der Waals surface area contributed by atoms with E-state index >= 15 is 0 Å². The molecule has 0 aromatic carbocycles. The van der Waals surface area contributed by atoms with E-state index in [-0.39, 0.29) is 40.6 Å². The van der Waals surface area contributed by atoms with Crippen LogP contribution in [0.4, 0.5) is 0 Å². The summed E-state index contributed by atoms with van der Waals surface area (Å²) in [6.07, 6.45) is 1.25. The molecule has 0 saturated carbocycles. The minimum Gasteiger partial charge on any atom is -1.00 e. The van der Waals surface area contributed by atoms with E-state index in [2.05, 4.69) is 12.3 Å². The second kappa shape index (κ2) is 76.1. The molecule has 6 heavy (non-hydrogen) atoms. The number of hydrogen-bond acceptors (Lipinski definition) is 3. The molecule has 0 heterocycles. The zero-order valence-electron chi connectivity index (χ0n) is 5.26. The van der Waals surface area contributed by atoms with Gasteiger partial charge in [0.2, 0.25) is 0 Å². The Kier molecular flexibility index (Phi) is 211. The first-order valence-corrected chi connectivity index (χ1v) is 0.770. The molecule has 0 unspecified atom stereocenters. The Morgan fingerprint density at radius 1 is 1.67 bits per heavy atom. The molecule has 0 spiro atoms. The minimum absolute atomic E-state index is 0. The van der Waals surface area contributed by atoms with Gasteiger partial charge in [0.15, 0.2) is 6.19 Å². The van der Waals surface area contributed by atoms with E-state index in [9.17, 15) is 0 Å². The zero-order valence-corrected chi connectivity index (χ0v) is 5.46. The Morgan fingerprint density at radius 3 is 1.67 bits per heavy atom. The summed E-state index contributed by atoms with van der Waals surface area (Å²) in [5.41, 5.74) is 4.15. The fourth-order valence-corrected chi connectivity index (χ4v) is 0. The molecule has 2 N–H and O–H groups in total. The molecule has 0 fully saturated rings. The molecule has 0 bridgehead atoms. The van der Waals surface area contributed by atoms with Gasteiger partial charge in [-0.05, 0) is 0 Å². The van der Waals surface area contributed by atoms with E-state index in [0.29, 0.717) is 0 Å². The molecule has 0 aliphatic rings. The van der Waals surface area contributed by atoms with Crippen LogP contribution in [-0.4, -0.2) is 37.7 Å². The molecule has 0 aliphatic carbocycles. The molecule has 0 amide bonds. The first-order chi connectivity index (χ1) is 2.41. The summed E-state index contributed by atoms with van der Waals surface area (Å²) in [6, 6.07) is 0. The summed E-state index contributed by atoms with van der Waals surface area (Å²) < 4.78 is 0. The normalized spacial score (nSPS) is 1.50.